The lowest BCUT2D eigenvalue weighted by molar-refractivity contribution is 0.154. The molecule has 5 aromatic rings. The SMILES string of the molecule is CN1CCN(c2cccc3[nH]c(-c4n[nH]c5ccc(-c6cncc(OC7CCCCC7)c6)nc45)cc23)CC1. The van der Waals surface area contributed by atoms with Gasteiger partial charge in [-0.2, -0.15) is 5.10 Å². The molecule has 2 N–H and O–H groups in total. The maximum atomic E-state index is 6.26. The van der Waals surface area contributed by atoms with Gasteiger partial charge in [-0.05, 0) is 69.1 Å². The minimum absolute atomic E-state index is 0.287. The Kier molecular flexibility index (Phi) is 5.96. The zero-order valence-corrected chi connectivity index (χ0v) is 21.8. The van der Waals surface area contributed by atoms with Crippen molar-refractivity contribution in [2.75, 3.05) is 38.1 Å². The Bertz CT molecular complexity index is 1570. The van der Waals surface area contributed by atoms with E-state index in [9.17, 15) is 0 Å². The van der Waals surface area contributed by atoms with Gasteiger partial charge in [-0.3, -0.25) is 10.1 Å². The van der Waals surface area contributed by atoms with E-state index >= 15 is 0 Å². The van der Waals surface area contributed by atoms with Crippen LogP contribution in [0.1, 0.15) is 32.1 Å². The Morgan fingerprint density at radius 3 is 2.66 bits per heavy atom. The van der Waals surface area contributed by atoms with Gasteiger partial charge in [-0.25, -0.2) is 4.98 Å². The molecule has 5 heterocycles. The number of nitrogens with zero attached hydrogens (tertiary/aromatic N) is 5. The van der Waals surface area contributed by atoms with E-state index in [1.165, 1.54) is 30.3 Å². The molecule has 1 saturated heterocycles. The van der Waals surface area contributed by atoms with Crippen LogP contribution in [0.5, 0.6) is 5.75 Å². The second-order valence-corrected chi connectivity index (χ2v) is 10.7. The predicted octanol–water partition coefficient (Wildman–Crippen LogP) is 5.63. The van der Waals surface area contributed by atoms with Crippen molar-refractivity contribution in [3.63, 3.8) is 0 Å². The van der Waals surface area contributed by atoms with Crippen molar-refractivity contribution in [3.8, 4) is 28.4 Å². The standard InChI is InChI=1S/C30H33N7O/c1-36-12-14-37(15-13-36)28-9-5-8-25-23(28)17-27(32-25)30-29-26(34-35-30)11-10-24(33-29)20-16-22(19-31-18-20)38-21-6-3-2-4-7-21/h5,8-11,16-19,21,32H,2-4,6-7,12-15H2,1H3,(H,34,35). The average molecular weight is 508 g/mol. The average Bonchev–Trinajstić information content (AvgIpc) is 3.58. The number of hydrogen-bond acceptors (Lipinski definition) is 6. The van der Waals surface area contributed by atoms with Gasteiger partial charge in [0, 0.05) is 54.5 Å². The van der Waals surface area contributed by atoms with E-state index in [0.717, 1.165) is 84.0 Å². The first-order chi connectivity index (χ1) is 18.7. The molecule has 2 aliphatic rings. The number of hydrogen-bond donors (Lipinski definition) is 2. The Hall–Kier alpha value is -3.91. The molecule has 2 fully saturated rings. The Morgan fingerprint density at radius 2 is 1.79 bits per heavy atom. The summed E-state index contributed by atoms with van der Waals surface area (Å²) in [7, 11) is 2.19. The molecule has 0 unspecified atom stereocenters. The Morgan fingerprint density at radius 1 is 0.921 bits per heavy atom. The van der Waals surface area contributed by atoms with Gasteiger partial charge in [0.15, 0.2) is 0 Å². The number of aromatic amines is 2. The van der Waals surface area contributed by atoms with Crippen LogP contribution in [0.3, 0.4) is 0 Å². The number of rotatable bonds is 5. The normalized spacial score (nSPS) is 17.4. The number of fused-ring (bicyclic) bond motifs is 2. The van der Waals surface area contributed by atoms with Crippen molar-refractivity contribution in [1.82, 2.24) is 30.0 Å². The van der Waals surface area contributed by atoms with Crippen LogP contribution >= 0.6 is 0 Å². The highest BCUT2D eigenvalue weighted by Crippen LogP contribution is 2.34. The summed E-state index contributed by atoms with van der Waals surface area (Å²) in [5, 5.41) is 9.05. The summed E-state index contributed by atoms with van der Waals surface area (Å²) in [6, 6.07) is 14.8. The lowest BCUT2D eigenvalue weighted by Crippen LogP contribution is -2.44. The molecule has 38 heavy (non-hydrogen) atoms. The molecule has 0 radical (unpaired) electrons. The van der Waals surface area contributed by atoms with Crippen molar-refractivity contribution in [2.45, 2.75) is 38.2 Å². The van der Waals surface area contributed by atoms with E-state index in [4.69, 9.17) is 9.72 Å². The molecular formula is C30H33N7O. The van der Waals surface area contributed by atoms with Crippen LogP contribution in [0.4, 0.5) is 5.69 Å². The topological polar surface area (TPSA) is 86.0 Å². The van der Waals surface area contributed by atoms with Crippen LogP contribution in [0, 0.1) is 0 Å². The van der Waals surface area contributed by atoms with Crippen LogP contribution in [0.25, 0.3) is 44.6 Å². The highest BCUT2D eigenvalue weighted by molar-refractivity contribution is 5.99. The molecule has 1 aliphatic carbocycles. The van der Waals surface area contributed by atoms with Gasteiger partial charge in [0.1, 0.15) is 17.0 Å². The maximum Gasteiger partial charge on any atom is 0.138 e. The van der Waals surface area contributed by atoms with Gasteiger partial charge in [-0.15, -0.1) is 0 Å². The van der Waals surface area contributed by atoms with Crippen LogP contribution < -0.4 is 9.64 Å². The van der Waals surface area contributed by atoms with Gasteiger partial charge in [-0.1, -0.05) is 12.5 Å². The van der Waals surface area contributed by atoms with E-state index < -0.39 is 0 Å². The van der Waals surface area contributed by atoms with Gasteiger partial charge < -0.3 is 19.5 Å². The van der Waals surface area contributed by atoms with Gasteiger partial charge in [0.25, 0.3) is 0 Å². The van der Waals surface area contributed by atoms with Crippen molar-refractivity contribution >= 4 is 27.6 Å². The highest BCUT2D eigenvalue weighted by atomic mass is 16.5. The van der Waals surface area contributed by atoms with Crippen molar-refractivity contribution in [2.24, 2.45) is 0 Å². The van der Waals surface area contributed by atoms with E-state index in [1.807, 2.05) is 24.5 Å². The molecular weight excluding hydrogens is 474 g/mol. The first kappa shape index (κ1) is 23.2. The molecule has 1 saturated carbocycles. The van der Waals surface area contributed by atoms with E-state index in [2.05, 4.69) is 67.3 Å². The first-order valence-electron chi connectivity index (χ1n) is 13.7. The quantitative estimate of drug-likeness (QED) is 0.321. The fraction of sp³-hybridized carbons (Fsp3) is 0.367. The van der Waals surface area contributed by atoms with E-state index in [-0.39, 0.29) is 6.10 Å². The zero-order chi connectivity index (χ0) is 25.5. The minimum atomic E-state index is 0.287. The third-order valence-corrected chi connectivity index (χ3v) is 8.01. The molecule has 0 bridgehead atoms. The lowest BCUT2D eigenvalue weighted by Gasteiger charge is -2.34. The number of benzene rings is 1. The molecule has 8 heteroatoms. The smallest absolute Gasteiger partial charge is 0.138 e. The number of pyridine rings is 2. The van der Waals surface area contributed by atoms with Crippen LogP contribution in [0.2, 0.25) is 0 Å². The summed E-state index contributed by atoms with van der Waals surface area (Å²) in [5.41, 5.74) is 7.72. The second-order valence-electron chi connectivity index (χ2n) is 10.7. The zero-order valence-electron chi connectivity index (χ0n) is 21.8. The summed E-state index contributed by atoms with van der Waals surface area (Å²) in [6.45, 7) is 4.21. The predicted molar refractivity (Wildman–Crippen MR) is 152 cm³/mol. The maximum absolute atomic E-state index is 6.26. The molecule has 8 nitrogen and oxygen atoms in total. The van der Waals surface area contributed by atoms with Gasteiger partial charge in [0.05, 0.1) is 29.2 Å². The third-order valence-electron chi connectivity index (χ3n) is 8.01. The second kappa shape index (κ2) is 9.76. The van der Waals surface area contributed by atoms with Crippen LogP contribution in [0.15, 0.2) is 54.9 Å². The first-order valence-corrected chi connectivity index (χ1v) is 13.7. The summed E-state index contributed by atoms with van der Waals surface area (Å²) in [5.74, 6) is 0.816. The largest absolute Gasteiger partial charge is 0.489 e. The van der Waals surface area contributed by atoms with Gasteiger partial charge >= 0.3 is 0 Å². The number of H-pyrrole nitrogens is 2. The monoisotopic (exact) mass is 507 g/mol. The molecule has 194 valence electrons. The summed E-state index contributed by atoms with van der Waals surface area (Å²) < 4.78 is 6.26. The van der Waals surface area contributed by atoms with Crippen molar-refractivity contribution < 1.29 is 4.74 Å². The summed E-state index contributed by atoms with van der Waals surface area (Å²) in [6.07, 6.45) is 9.97. The lowest BCUT2D eigenvalue weighted by atomic mass is 9.98. The fourth-order valence-corrected chi connectivity index (χ4v) is 5.84. The Labute approximate surface area is 222 Å². The Balaban J connectivity index is 1.22. The molecule has 7 rings (SSSR count). The third kappa shape index (κ3) is 4.39. The summed E-state index contributed by atoms with van der Waals surface area (Å²) in [4.78, 5) is 18.0. The van der Waals surface area contributed by atoms with Gasteiger partial charge in [0.2, 0.25) is 0 Å². The number of aromatic nitrogens is 5. The number of likely N-dealkylation sites (N-methyl/N-ethyl adjacent to an activating group) is 1. The molecule has 0 amide bonds. The fourth-order valence-electron chi connectivity index (χ4n) is 5.84. The minimum Gasteiger partial charge on any atom is -0.489 e. The molecule has 1 aliphatic heterocycles. The van der Waals surface area contributed by atoms with Crippen molar-refractivity contribution in [3.05, 3.63) is 54.9 Å². The summed E-state index contributed by atoms with van der Waals surface area (Å²) >= 11 is 0. The molecule has 0 spiro atoms. The highest BCUT2D eigenvalue weighted by Gasteiger charge is 2.20. The van der Waals surface area contributed by atoms with E-state index in [1.54, 1.807) is 0 Å². The molecule has 4 aromatic heterocycles. The number of anilines is 1. The number of nitrogens with one attached hydrogen (secondary N) is 2. The van der Waals surface area contributed by atoms with Crippen LogP contribution in [-0.4, -0.2) is 69.4 Å². The van der Waals surface area contributed by atoms with Crippen LogP contribution in [-0.2, 0) is 0 Å². The molecule has 1 aromatic carbocycles. The van der Waals surface area contributed by atoms with Crippen molar-refractivity contribution in [1.29, 1.82) is 0 Å². The van der Waals surface area contributed by atoms with E-state index in [0.29, 0.717) is 0 Å². The number of ether oxygens (including phenoxy) is 1. The number of piperazine rings is 1. The molecule has 0 atom stereocenters.